The molecule has 2 rings (SSSR count). The monoisotopic (exact) mass is 283 g/mol. The lowest BCUT2D eigenvalue weighted by molar-refractivity contribution is -0.138. The van der Waals surface area contributed by atoms with Crippen molar-refractivity contribution in [2.24, 2.45) is 0 Å². The van der Waals surface area contributed by atoms with Crippen molar-refractivity contribution in [1.82, 2.24) is 15.3 Å². The summed E-state index contributed by atoms with van der Waals surface area (Å²) in [4.78, 5) is 42.5. The van der Waals surface area contributed by atoms with Crippen LogP contribution in [0.5, 0.6) is 0 Å². The van der Waals surface area contributed by atoms with Gasteiger partial charge in [0, 0.05) is 20.0 Å². The van der Waals surface area contributed by atoms with E-state index in [0.29, 0.717) is 6.42 Å². The molecule has 1 N–H and O–H groups in total. The molecule has 0 radical (unpaired) electrons. The number of amides is 4. The van der Waals surface area contributed by atoms with E-state index in [9.17, 15) is 14.4 Å². The molecule has 0 aromatic carbocycles. The molecule has 7 nitrogen and oxygen atoms in total. The van der Waals surface area contributed by atoms with Crippen molar-refractivity contribution in [3.63, 3.8) is 0 Å². The molecular formula is C13H21N3O4. The fraction of sp³-hybridized carbons (Fsp3) is 0.769. The van der Waals surface area contributed by atoms with Gasteiger partial charge in [-0.2, -0.15) is 0 Å². The maximum absolute atomic E-state index is 11.6. The Bertz CT molecular complexity index is 393. The molecule has 1 heterocycles. The summed E-state index contributed by atoms with van der Waals surface area (Å²) in [6.07, 6.45) is 5.10. The Morgan fingerprint density at radius 2 is 2.05 bits per heavy atom. The molecule has 4 amide bonds. The summed E-state index contributed by atoms with van der Waals surface area (Å²) >= 11 is 0. The maximum Gasteiger partial charge on any atom is 0.326 e. The zero-order valence-corrected chi connectivity index (χ0v) is 11.8. The first-order valence-electron chi connectivity index (χ1n) is 7.08. The Morgan fingerprint density at radius 3 is 2.65 bits per heavy atom. The van der Waals surface area contributed by atoms with Crippen molar-refractivity contribution >= 4 is 17.8 Å². The van der Waals surface area contributed by atoms with E-state index in [1.807, 2.05) is 0 Å². The van der Waals surface area contributed by atoms with Crippen LogP contribution in [0.1, 0.15) is 38.5 Å². The van der Waals surface area contributed by atoms with Gasteiger partial charge in [-0.3, -0.25) is 19.3 Å². The van der Waals surface area contributed by atoms with E-state index in [1.54, 1.807) is 7.05 Å². The number of urea groups is 1. The highest BCUT2D eigenvalue weighted by Gasteiger charge is 2.32. The zero-order chi connectivity index (χ0) is 14.5. The van der Waals surface area contributed by atoms with E-state index >= 15 is 0 Å². The maximum atomic E-state index is 11.6. The van der Waals surface area contributed by atoms with Gasteiger partial charge in [0.25, 0.3) is 0 Å². The van der Waals surface area contributed by atoms with Crippen LogP contribution in [0.4, 0.5) is 4.79 Å². The quantitative estimate of drug-likeness (QED) is 0.573. The Morgan fingerprint density at radius 1 is 1.35 bits per heavy atom. The van der Waals surface area contributed by atoms with E-state index < -0.39 is 0 Å². The summed E-state index contributed by atoms with van der Waals surface area (Å²) < 4.78 is 0. The SMILES string of the molecule is CN1CC(=O)N(CCCC(=O)NOC2CCCC2)C1=O. The van der Waals surface area contributed by atoms with Crippen molar-refractivity contribution < 1.29 is 19.2 Å². The second-order valence-corrected chi connectivity index (χ2v) is 5.34. The number of carbonyl (C=O) groups is 3. The summed E-state index contributed by atoms with van der Waals surface area (Å²) in [7, 11) is 1.59. The van der Waals surface area contributed by atoms with E-state index in [-0.39, 0.29) is 43.5 Å². The molecule has 1 saturated carbocycles. The molecule has 0 aromatic rings. The molecule has 7 heteroatoms. The van der Waals surface area contributed by atoms with Gasteiger partial charge < -0.3 is 4.90 Å². The first-order valence-corrected chi connectivity index (χ1v) is 7.08. The molecule has 1 aliphatic carbocycles. The molecule has 20 heavy (non-hydrogen) atoms. The Balaban J connectivity index is 1.61. The van der Waals surface area contributed by atoms with Gasteiger partial charge in [0.1, 0.15) is 6.54 Å². The minimum Gasteiger partial charge on any atom is -0.318 e. The van der Waals surface area contributed by atoms with Crippen LogP contribution in [0, 0.1) is 0 Å². The van der Waals surface area contributed by atoms with E-state index in [2.05, 4.69) is 5.48 Å². The molecular weight excluding hydrogens is 262 g/mol. The van der Waals surface area contributed by atoms with Crippen LogP contribution in [-0.4, -0.2) is 53.9 Å². The minimum absolute atomic E-state index is 0.121. The van der Waals surface area contributed by atoms with Gasteiger partial charge in [0.05, 0.1) is 6.10 Å². The highest BCUT2D eigenvalue weighted by atomic mass is 16.7. The normalized spacial score (nSPS) is 20.1. The second kappa shape index (κ2) is 6.69. The van der Waals surface area contributed by atoms with Crippen molar-refractivity contribution in [3.8, 4) is 0 Å². The van der Waals surface area contributed by atoms with Crippen molar-refractivity contribution in [2.75, 3.05) is 20.1 Å². The lowest BCUT2D eigenvalue weighted by atomic mass is 10.3. The fourth-order valence-electron chi connectivity index (χ4n) is 2.49. The number of nitrogens with zero attached hydrogens (tertiary/aromatic N) is 2. The summed E-state index contributed by atoms with van der Waals surface area (Å²) in [6.45, 7) is 0.397. The van der Waals surface area contributed by atoms with Crippen molar-refractivity contribution in [2.45, 2.75) is 44.6 Å². The number of hydrogen-bond acceptors (Lipinski definition) is 4. The topological polar surface area (TPSA) is 79.0 Å². The summed E-state index contributed by atoms with van der Waals surface area (Å²) in [5.41, 5.74) is 2.44. The first kappa shape index (κ1) is 14.8. The second-order valence-electron chi connectivity index (χ2n) is 5.34. The Hall–Kier alpha value is -1.63. The number of nitrogens with one attached hydrogen (secondary N) is 1. The summed E-state index contributed by atoms with van der Waals surface area (Å²) in [5.74, 6) is -0.413. The van der Waals surface area contributed by atoms with Gasteiger partial charge in [-0.1, -0.05) is 12.8 Å². The highest BCUT2D eigenvalue weighted by molar-refractivity contribution is 6.01. The van der Waals surface area contributed by atoms with Gasteiger partial charge in [-0.25, -0.2) is 10.3 Å². The number of rotatable bonds is 6. The summed E-state index contributed by atoms with van der Waals surface area (Å²) in [6, 6.07) is -0.294. The number of hydroxylamine groups is 1. The molecule has 0 bridgehead atoms. The minimum atomic E-state index is -0.294. The van der Waals surface area contributed by atoms with Crippen LogP contribution >= 0.6 is 0 Å². The number of imide groups is 1. The lowest BCUT2D eigenvalue weighted by Crippen LogP contribution is -2.33. The Kier molecular flexibility index (Phi) is 4.94. The Labute approximate surface area is 118 Å². The number of likely N-dealkylation sites (N-methyl/N-ethyl adjacent to an activating group) is 1. The van der Waals surface area contributed by atoms with Gasteiger partial charge in [0.2, 0.25) is 11.8 Å². The fourth-order valence-corrected chi connectivity index (χ4v) is 2.49. The molecule has 1 aliphatic heterocycles. The molecule has 0 spiro atoms. The van der Waals surface area contributed by atoms with E-state index in [4.69, 9.17) is 4.84 Å². The third-order valence-electron chi connectivity index (χ3n) is 3.66. The molecule has 2 aliphatic rings. The van der Waals surface area contributed by atoms with Crippen LogP contribution in [0.2, 0.25) is 0 Å². The predicted molar refractivity (Wildman–Crippen MR) is 70.5 cm³/mol. The average molecular weight is 283 g/mol. The highest BCUT2D eigenvalue weighted by Crippen LogP contribution is 2.19. The smallest absolute Gasteiger partial charge is 0.318 e. The third-order valence-corrected chi connectivity index (χ3v) is 3.66. The van der Waals surface area contributed by atoms with Crippen LogP contribution in [0.25, 0.3) is 0 Å². The predicted octanol–water partition coefficient (Wildman–Crippen LogP) is 0.651. The van der Waals surface area contributed by atoms with Gasteiger partial charge >= 0.3 is 6.03 Å². The zero-order valence-electron chi connectivity index (χ0n) is 11.8. The molecule has 0 aromatic heterocycles. The third kappa shape index (κ3) is 3.69. The van der Waals surface area contributed by atoms with Gasteiger partial charge in [-0.15, -0.1) is 0 Å². The van der Waals surface area contributed by atoms with Crippen molar-refractivity contribution in [1.29, 1.82) is 0 Å². The molecule has 112 valence electrons. The summed E-state index contributed by atoms with van der Waals surface area (Å²) in [5, 5.41) is 0. The van der Waals surface area contributed by atoms with E-state index in [0.717, 1.165) is 25.7 Å². The molecule has 0 atom stereocenters. The lowest BCUT2D eigenvalue weighted by Gasteiger charge is -2.14. The average Bonchev–Trinajstić information content (AvgIpc) is 3.00. The largest absolute Gasteiger partial charge is 0.326 e. The van der Waals surface area contributed by atoms with Crippen LogP contribution in [0.3, 0.4) is 0 Å². The van der Waals surface area contributed by atoms with Crippen LogP contribution < -0.4 is 5.48 Å². The number of hydrogen-bond donors (Lipinski definition) is 1. The van der Waals surface area contributed by atoms with Crippen LogP contribution in [0.15, 0.2) is 0 Å². The van der Waals surface area contributed by atoms with Crippen molar-refractivity contribution in [3.05, 3.63) is 0 Å². The molecule has 1 saturated heterocycles. The van der Waals surface area contributed by atoms with Gasteiger partial charge in [0.15, 0.2) is 0 Å². The first-order chi connectivity index (χ1) is 9.58. The number of carbonyl (C=O) groups excluding carboxylic acids is 3. The van der Waals surface area contributed by atoms with E-state index in [1.165, 1.54) is 9.80 Å². The van der Waals surface area contributed by atoms with Crippen LogP contribution in [-0.2, 0) is 14.4 Å². The molecule has 2 fully saturated rings. The standard InChI is InChI=1S/C13H21N3O4/c1-15-9-12(18)16(13(15)19)8-4-7-11(17)14-20-10-5-2-3-6-10/h10H,2-9H2,1H3,(H,14,17). The van der Waals surface area contributed by atoms with Gasteiger partial charge in [-0.05, 0) is 19.3 Å². The molecule has 0 unspecified atom stereocenters.